The molecule has 1 aliphatic heterocycles. The maximum absolute atomic E-state index is 4.54. The average Bonchev–Trinajstić information content (AvgIpc) is 3.29. The van der Waals surface area contributed by atoms with Gasteiger partial charge in [-0.15, -0.1) is 24.0 Å². The second-order valence-corrected chi connectivity index (χ2v) is 7.53. The second kappa shape index (κ2) is 10.5. The highest BCUT2D eigenvalue weighted by Crippen LogP contribution is 2.46. The maximum atomic E-state index is 4.54. The number of nitrogens with one attached hydrogen (secondary N) is 1. The molecule has 146 valence electrons. The number of guanidine groups is 1. The average molecular weight is 470 g/mol. The van der Waals surface area contributed by atoms with Crippen LogP contribution in [-0.2, 0) is 0 Å². The number of halogens is 1. The minimum atomic E-state index is 0. The van der Waals surface area contributed by atoms with Crippen LogP contribution in [0.4, 0.5) is 0 Å². The molecule has 1 N–H and O–H groups in total. The number of aliphatic imine (C=N–C) groups is 1. The lowest BCUT2D eigenvalue weighted by atomic mass is 10.1. The fraction of sp³-hybridized carbons (Fsp3) is 0.667. The normalized spacial score (nSPS) is 25.3. The zero-order chi connectivity index (χ0) is 17.6. The van der Waals surface area contributed by atoms with Gasteiger partial charge in [-0.25, -0.2) is 0 Å². The largest absolute Gasteiger partial charge is 0.356 e. The van der Waals surface area contributed by atoms with E-state index in [1.54, 1.807) is 0 Å². The summed E-state index contributed by atoms with van der Waals surface area (Å²) in [7, 11) is 1.92. The van der Waals surface area contributed by atoms with Crippen LogP contribution >= 0.6 is 24.0 Å². The Morgan fingerprint density at radius 1 is 1.23 bits per heavy atom. The molecule has 3 rings (SSSR count). The second-order valence-electron chi connectivity index (χ2n) is 7.53. The Morgan fingerprint density at radius 2 is 1.96 bits per heavy atom. The fourth-order valence-corrected chi connectivity index (χ4v) is 4.16. The van der Waals surface area contributed by atoms with Gasteiger partial charge in [-0.1, -0.05) is 44.2 Å². The molecule has 1 aliphatic carbocycles. The van der Waals surface area contributed by atoms with E-state index < -0.39 is 0 Å². The Bertz CT molecular complexity index is 558. The molecular weight excluding hydrogens is 435 g/mol. The molecule has 5 heteroatoms. The molecule has 3 unspecified atom stereocenters. The van der Waals surface area contributed by atoms with Crippen molar-refractivity contribution in [3.05, 3.63) is 35.9 Å². The summed E-state index contributed by atoms with van der Waals surface area (Å²) in [5.74, 6) is 3.37. The number of rotatable bonds is 7. The molecule has 0 radical (unpaired) electrons. The van der Waals surface area contributed by atoms with E-state index in [1.165, 1.54) is 24.9 Å². The lowest BCUT2D eigenvalue weighted by Gasteiger charge is -2.24. The van der Waals surface area contributed by atoms with Crippen molar-refractivity contribution in [3.8, 4) is 0 Å². The standard InChI is InChI=1S/C21H34N4.HI/c1-4-24(5-2)15-17-11-12-25(16-17)21(22-3)23-14-19-13-20(19)18-9-7-6-8-10-18;/h6-10,17,19-20H,4-5,11-16H2,1-3H3,(H,22,23);1H. The number of nitrogens with zero attached hydrogens (tertiary/aromatic N) is 3. The number of likely N-dealkylation sites (tertiary alicyclic amines) is 1. The predicted octanol–water partition coefficient (Wildman–Crippen LogP) is 3.65. The van der Waals surface area contributed by atoms with Gasteiger partial charge in [-0.3, -0.25) is 4.99 Å². The Kier molecular flexibility index (Phi) is 8.67. The van der Waals surface area contributed by atoms with E-state index in [9.17, 15) is 0 Å². The van der Waals surface area contributed by atoms with Crippen molar-refractivity contribution < 1.29 is 0 Å². The van der Waals surface area contributed by atoms with E-state index >= 15 is 0 Å². The van der Waals surface area contributed by atoms with Crippen LogP contribution in [0.3, 0.4) is 0 Å². The molecule has 1 saturated heterocycles. The van der Waals surface area contributed by atoms with Gasteiger partial charge in [0.2, 0.25) is 0 Å². The molecule has 26 heavy (non-hydrogen) atoms. The van der Waals surface area contributed by atoms with Gasteiger partial charge in [0, 0.05) is 33.2 Å². The smallest absolute Gasteiger partial charge is 0.193 e. The minimum absolute atomic E-state index is 0. The summed E-state index contributed by atoms with van der Waals surface area (Å²) < 4.78 is 0. The van der Waals surface area contributed by atoms with Gasteiger partial charge in [0.15, 0.2) is 5.96 Å². The summed E-state index contributed by atoms with van der Waals surface area (Å²) >= 11 is 0. The zero-order valence-corrected chi connectivity index (χ0v) is 18.9. The lowest BCUT2D eigenvalue weighted by Crippen LogP contribution is -2.41. The van der Waals surface area contributed by atoms with Crippen molar-refractivity contribution in [2.24, 2.45) is 16.8 Å². The number of hydrogen-bond acceptors (Lipinski definition) is 2. The van der Waals surface area contributed by atoms with Crippen molar-refractivity contribution >= 4 is 29.9 Å². The van der Waals surface area contributed by atoms with Crippen LogP contribution in [0.2, 0.25) is 0 Å². The third-order valence-corrected chi connectivity index (χ3v) is 5.88. The highest BCUT2D eigenvalue weighted by atomic mass is 127. The van der Waals surface area contributed by atoms with Crippen LogP contribution in [0.25, 0.3) is 0 Å². The first kappa shape index (κ1) is 21.5. The van der Waals surface area contributed by atoms with Crippen LogP contribution in [0, 0.1) is 11.8 Å². The van der Waals surface area contributed by atoms with E-state index in [4.69, 9.17) is 0 Å². The van der Waals surface area contributed by atoms with Gasteiger partial charge in [0.25, 0.3) is 0 Å². The third-order valence-electron chi connectivity index (χ3n) is 5.88. The van der Waals surface area contributed by atoms with Gasteiger partial charge in [0.1, 0.15) is 0 Å². The first-order valence-electron chi connectivity index (χ1n) is 9.98. The summed E-state index contributed by atoms with van der Waals surface area (Å²) in [6, 6.07) is 10.9. The van der Waals surface area contributed by atoms with Crippen molar-refractivity contribution in [2.45, 2.75) is 32.6 Å². The Morgan fingerprint density at radius 3 is 2.62 bits per heavy atom. The summed E-state index contributed by atoms with van der Waals surface area (Å²) in [5, 5.41) is 3.64. The highest BCUT2D eigenvalue weighted by Gasteiger charge is 2.38. The van der Waals surface area contributed by atoms with Gasteiger partial charge < -0.3 is 15.1 Å². The molecule has 0 spiro atoms. The van der Waals surface area contributed by atoms with Gasteiger partial charge in [-0.2, -0.15) is 0 Å². The molecule has 2 aliphatic rings. The highest BCUT2D eigenvalue weighted by molar-refractivity contribution is 14.0. The molecule has 4 nitrogen and oxygen atoms in total. The molecule has 0 aromatic heterocycles. The van der Waals surface area contributed by atoms with Crippen LogP contribution in [0.15, 0.2) is 35.3 Å². The first-order chi connectivity index (χ1) is 12.2. The molecule has 3 atom stereocenters. The summed E-state index contributed by atoms with van der Waals surface area (Å²) in [5.41, 5.74) is 1.49. The van der Waals surface area contributed by atoms with E-state index in [1.807, 2.05) is 7.05 Å². The van der Waals surface area contributed by atoms with Crippen LogP contribution in [0.1, 0.15) is 38.2 Å². The van der Waals surface area contributed by atoms with Gasteiger partial charge in [-0.05, 0) is 49.2 Å². The summed E-state index contributed by atoms with van der Waals surface area (Å²) in [6.45, 7) is 11.4. The predicted molar refractivity (Wildman–Crippen MR) is 122 cm³/mol. The molecular formula is C21H35IN4. The molecule has 0 bridgehead atoms. The Labute approximate surface area is 176 Å². The third kappa shape index (κ3) is 5.59. The summed E-state index contributed by atoms with van der Waals surface area (Å²) in [4.78, 5) is 9.53. The topological polar surface area (TPSA) is 30.9 Å². The quantitative estimate of drug-likeness (QED) is 0.375. The molecule has 0 amide bonds. The fourth-order valence-electron chi connectivity index (χ4n) is 4.16. The minimum Gasteiger partial charge on any atom is -0.356 e. The number of hydrogen-bond donors (Lipinski definition) is 1. The van der Waals surface area contributed by atoms with E-state index in [2.05, 4.69) is 64.3 Å². The van der Waals surface area contributed by atoms with Crippen molar-refractivity contribution in [1.29, 1.82) is 0 Å². The number of benzene rings is 1. The molecule has 1 saturated carbocycles. The molecule has 1 aromatic carbocycles. The first-order valence-corrected chi connectivity index (χ1v) is 9.98. The maximum Gasteiger partial charge on any atom is 0.193 e. The van der Waals surface area contributed by atoms with Gasteiger partial charge in [0.05, 0.1) is 0 Å². The molecule has 1 aromatic rings. The van der Waals surface area contributed by atoms with Crippen LogP contribution < -0.4 is 5.32 Å². The van der Waals surface area contributed by atoms with E-state index in [0.717, 1.165) is 56.4 Å². The van der Waals surface area contributed by atoms with Crippen molar-refractivity contribution in [3.63, 3.8) is 0 Å². The van der Waals surface area contributed by atoms with Crippen molar-refractivity contribution in [1.82, 2.24) is 15.1 Å². The Balaban J connectivity index is 0.00000243. The Hall–Kier alpha value is -0.820. The zero-order valence-electron chi connectivity index (χ0n) is 16.5. The van der Waals surface area contributed by atoms with E-state index in [-0.39, 0.29) is 24.0 Å². The monoisotopic (exact) mass is 470 g/mol. The lowest BCUT2D eigenvalue weighted by molar-refractivity contribution is 0.255. The van der Waals surface area contributed by atoms with Crippen molar-refractivity contribution in [2.75, 3.05) is 46.3 Å². The molecule has 1 heterocycles. The van der Waals surface area contributed by atoms with E-state index in [0.29, 0.717) is 0 Å². The van der Waals surface area contributed by atoms with Gasteiger partial charge >= 0.3 is 0 Å². The SMILES string of the molecule is CCN(CC)CC1CCN(C(=NC)NCC2CC2c2ccccc2)C1.I. The molecule has 2 fully saturated rings. The van der Waals surface area contributed by atoms with Crippen LogP contribution in [-0.4, -0.2) is 62.1 Å². The van der Waals surface area contributed by atoms with Crippen LogP contribution in [0.5, 0.6) is 0 Å². The summed E-state index contributed by atoms with van der Waals surface area (Å²) in [6.07, 6.45) is 2.59.